The Labute approximate surface area is 191 Å². The Bertz CT molecular complexity index is 1180. The molecule has 1 N–H and O–H groups in total. The van der Waals surface area contributed by atoms with Crippen LogP contribution < -0.4 is 5.32 Å². The fourth-order valence-corrected chi connectivity index (χ4v) is 4.26. The molecule has 3 aromatic carbocycles. The third-order valence-electron chi connectivity index (χ3n) is 5.85. The van der Waals surface area contributed by atoms with Crippen molar-refractivity contribution in [2.45, 2.75) is 31.5 Å². The van der Waals surface area contributed by atoms with Crippen LogP contribution in [-0.4, -0.2) is 23.1 Å². The van der Waals surface area contributed by atoms with Crippen molar-refractivity contribution < 1.29 is 23.5 Å². The van der Waals surface area contributed by atoms with Crippen LogP contribution in [0.5, 0.6) is 0 Å². The van der Waals surface area contributed by atoms with E-state index in [1.807, 2.05) is 6.07 Å². The summed E-state index contributed by atoms with van der Waals surface area (Å²) in [4.78, 5) is 40.3. The number of para-hydroxylation sites is 1. The molecule has 4 rings (SSSR count). The van der Waals surface area contributed by atoms with Crippen LogP contribution in [0.2, 0.25) is 0 Å². The maximum atomic E-state index is 13.8. The van der Waals surface area contributed by atoms with Gasteiger partial charge in [-0.25, -0.2) is 4.39 Å². The van der Waals surface area contributed by atoms with Gasteiger partial charge in [0.15, 0.2) is 17.0 Å². The average Bonchev–Trinajstić information content (AvgIpc) is 3.50. The predicted octanol–water partition coefficient (Wildman–Crippen LogP) is 4.93. The lowest BCUT2D eigenvalue weighted by atomic mass is 9.74. The molecule has 1 saturated heterocycles. The lowest BCUT2D eigenvalue weighted by Crippen LogP contribution is -2.42. The van der Waals surface area contributed by atoms with Crippen LogP contribution in [-0.2, 0) is 19.9 Å². The molecule has 6 heteroatoms. The molecule has 33 heavy (non-hydrogen) atoms. The number of carbonyl (C=O) groups is 3. The van der Waals surface area contributed by atoms with Crippen LogP contribution in [0.1, 0.15) is 36.2 Å². The third kappa shape index (κ3) is 3.98. The maximum absolute atomic E-state index is 13.8. The zero-order chi connectivity index (χ0) is 23.6. The molecule has 1 aliphatic rings. The van der Waals surface area contributed by atoms with Crippen LogP contribution in [0.4, 0.5) is 10.1 Å². The number of ether oxygens (including phenoxy) is 1. The van der Waals surface area contributed by atoms with E-state index in [4.69, 9.17) is 4.74 Å². The molecule has 0 aromatic heterocycles. The van der Waals surface area contributed by atoms with Crippen LogP contribution in [0.3, 0.4) is 0 Å². The van der Waals surface area contributed by atoms with Gasteiger partial charge in [0.05, 0.1) is 6.42 Å². The minimum atomic E-state index is -1.68. The van der Waals surface area contributed by atoms with Crippen molar-refractivity contribution in [3.05, 3.63) is 102 Å². The maximum Gasteiger partial charge on any atom is 0.227 e. The quantitative estimate of drug-likeness (QED) is 0.394. The molecular formula is C27H24FNO4. The fourth-order valence-electron chi connectivity index (χ4n) is 4.26. The van der Waals surface area contributed by atoms with E-state index >= 15 is 0 Å². The summed E-state index contributed by atoms with van der Waals surface area (Å²) in [6.07, 6.45) is -0.333. The molecule has 0 saturated carbocycles. The molecule has 0 aliphatic carbocycles. The third-order valence-corrected chi connectivity index (χ3v) is 5.85. The second-order valence-corrected chi connectivity index (χ2v) is 8.42. The number of anilines is 1. The molecule has 2 atom stereocenters. The molecule has 2 unspecified atom stereocenters. The van der Waals surface area contributed by atoms with E-state index < -0.39 is 34.6 Å². The number of carbonyl (C=O) groups excluding carboxylic acids is 3. The first-order valence-electron chi connectivity index (χ1n) is 10.8. The van der Waals surface area contributed by atoms with Gasteiger partial charge in [-0.2, -0.15) is 0 Å². The van der Waals surface area contributed by atoms with E-state index in [0.29, 0.717) is 11.3 Å². The van der Waals surface area contributed by atoms with Crippen molar-refractivity contribution in [3.8, 4) is 0 Å². The van der Waals surface area contributed by atoms with E-state index in [0.717, 1.165) is 0 Å². The van der Waals surface area contributed by atoms with Crippen molar-refractivity contribution in [2.24, 2.45) is 5.92 Å². The first kappa shape index (κ1) is 22.6. The van der Waals surface area contributed by atoms with E-state index in [1.54, 1.807) is 68.4 Å². The molecule has 0 radical (unpaired) electrons. The average molecular weight is 445 g/mol. The monoisotopic (exact) mass is 445 g/mol. The van der Waals surface area contributed by atoms with E-state index in [2.05, 4.69) is 5.32 Å². The number of ketones is 2. The van der Waals surface area contributed by atoms with Crippen molar-refractivity contribution >= 4 is 23.2 Å². The summed E-state index contributed by atoms with van der Waals surface area (Å²) in [5.41, 5.74) is -2.11. The lowest BCUT2D eigenvalue weighted by molar-refractivity contribution is -0.130. The fraction of sp³-hybridized carbons (Fsp3) is 0.222. The highest BCUT2D eigenvalue weighted by Gasteiger charge is 2.79. The smallest absolute Gasteiger partial charge is 0.227 e. The number of nitrogens with one attached hydrogen (secondary N) is 1. The molecule has 5 nitrogen and oxygen atoms in total. The Morgan fingerprint density at radius 2 is 1.45 bits per heavy atom. The van der Waals surface area contributed by atoms with Gasteiger partial charge in [-0.05, 0) is 42.0 Å². The van der Waals surface area contributed by atoms with Crippen molar-refractivity contribution in [1.82, 2.24) is 0 Å². The summed E-state index contributed by atoms with van der Waals surface area (Å²) >= 11 is 0. The lowest BCUT2D eigenvalue weighted by Gasteiger charge is -2.21. The first-order chi connectivity index (χ1) is 15.8. The van der Waals surface area contributed by atoms with Gasteiger partial charge in [0, 0.05) is 17.2 Å². The second kappa shape index (κ2) is 8.71. The number of amides is 1. The van der Waals surface area contributed by atoms with Crippen LogP contribution in [0.25, 0.3) is 0 Å². The number of halogens is 1. The zero-order valence-corrected chi connectivity index (χ0v) is 18.4. The van der Waals surface area contributed by atoms with Gasteiger partial charge in [0.2, 0.25) is 11.7 Å². The van der Waals surface area contributed by atoms with Crippen LogP contribution >= 0.6 is 0 Å². The summed E-state index contributed by atoms with van der Waals surface area (Å²) in [5.74, 6) is -2.25. The highest BCUT2D eigenvalue weighted by atomic mass is 19.1. The number of benzene rings is 3. The Morgan fingerprint density at radius 3 is 2.03 bits per heavy atom. The Kier molecular flexibility index (Phi) is 5.95. The minimum Gasteiger partial charge on any atom is -0.340 e. The summed E-state index contributed by atoms with van der Waals surface area (Å²) in [5, 5.41) is 2.78. The van der Waals surface area contributed by atoms with E-state index in [-0.39, 0.29) is 17.8 Å². The molecular weight excluding hydrogens is 421 g/mol. The van der Waals surface area contributed by atoms with Gasteiger partial charge >= 0.3 is 0 Å². The Hall–Kier alpha value is -3.64. The van der Waals surface area contributed by atoms with Crippen molar-refractivity contribution in [1.29, 1.82) is 0 Å². The molecule has 1 heterocycles. The summed E-state index contributed by atoms with van der Waals surface area (Å²) in [7, 11) is 0. The van der Waals surface area contributed by atoms with E-state index in [9.17, 15) is 18.8 Å². The van der Waals surface area contributed by atoms with Gasteiger partial charge in [0.25, 0.3) is 0 Å². The van der Waals surface area contributed by atoms with Gasteiger partial charge < -0.3 is 10.1 Å². The second-order valence-electron chi connectivity index (χ2n) is 8.42. The molecule has 0 bridgehead atoms. The molecule has 0 spiro atoms. The molecule has 3 aromatic rings. The molecule has 168 valence electrons. The molecule has 1 amide bonds. The first-order valence-corrected chi connectivity index (χ1v) is 10.8. The number of Topliss-reactive ketones (excluding diaryl/α,β-unsaturated/α-hetero) is 2. The SMILES string of the molecule is CC(C)C(=O)C1(CC(=O)Nc2ccccc2)OC1(C(=O)c1ccc(F)cc1)c1ccccc1. The highest BCUT2D eigenvalue weighted by molar-refractivity contribution is 6.14. The van der Waals surface area contributed by atoms with Gasteiger partial charge in [-0.15, -0.1) is 0 Å². The van der Waals surface area contributed by atoms with Gasteiger partial charge in [0.1, 0.15) is 5.82 Å². The van der Waals surface area contributed by atoms with Crippen LogP contribution in [0.15, 0.2) is 84.9 Å². The van der Waals surface area contributed by atoms with Crippen molar-refractivity contribution in [2.75, 3.05) is 5.32 Å². The van der Waals surface area contributed by atoms with E-state index in [1.165, 1.54) is 24.3 Å². The number of epoxide rings is 1. The number of hydrogen-bond donors (Lipinski definition) is 1. The molecule has 1 aliphatic heterocycles. The van der Waals surface area contributed by atoms with Gasteiger partial charge in [-0.3, -0.25) is 14.4 Å². The standard InChI is InChI=1S/C27H24FNO4/c1-18(2)24(31)26(17-23(30)29-22-11-7-4-8-12-22)27(33-26,20-9-5-3-6-10-20)25(32)19-13-15-21(28)16-14-19/h3-16,18H,17H2,1-2H3,(H,29,30). The largest absolute Gasteiger partial charge is 0.340 e. The Morgan fingerprint density at radius 1 is 0.879 bits per heavy atom. The van der Waals surface area contributed by atoms with Crippen molar-refractivity contribution in [3.63, 3.8) is 0 Å². The van der Waals surface area contributed by atoms with Crippen LogP contribution in [0, 0.1) is 11.7 Å². The Balaban J connectivity index is 1.78. The number of hydrogen-bond acceptors (Lipinski definition) is 4. The topological polar surface area (TPSA) is 75.8 Å². The summed E-state index contributed by atoms with van der Waals surface area (Å²) < 4.78 is 19.6. The zero-order valence-electron chi connectivity index (χ0n) is 18.4. The minimum absolute atomic E-state index is 0.196. The number of rotatable bonds is 8. The highest BCUT2D eigenvalue weighted by Crippen LogP contribution is 2.61. The normalized spacial score (nSPS) is 21.5. The van der Waals surface area contributed by atoms with Gasteiger partial charge in [-0.1, -0.05) is 62.4 Å². The summed E-state index contributed by atoms with van der Waals surface area (Å²) in [6, 6.07) is 22.6. The summed E-state index contributed by atoms with van der Waals surface area (Å²) in [6.45, 7) is 3.41. The molecule has 1 fully saturated rings. The predicted molar refractivity (Wildman–Crippen MR) is 122 cm³/mol.